The summed E-state index contributed by atoms with van der Waals surface area (Å²) in [6.45, 7) is 1.63. The molecule has 3 rings (SSSR count). The normalized spacial score (nSPS) is 22.2. The van der Waals surface area contributed by atoms with Crippen molar-refractivity contribution in [3.8, 4) is 0 Å². The molecule has 1 aromatic rings. The minimum atomic E-state index is -0.668. The summed E-state index contributed by atoms with van der Waals surface area (Å²) >= 11 is 0. The van der Waals surface area contributed by atoms with E-state index in [1.54, 1.807) is 11.6 Å². The van der Waals surface area contributed by atoms with Crippen LogP contribution in [0.1, 0.15) is 69.9 Å². The number of aromatic nitrogens is 3. The molecule has 0 spiro atoms. The highest BCUT2D eigenvalue weighted by molar-refractivity contribution is 5.85. The predicted octanol–water partition coefficient (Wildman–Crippen LogP) is 1.90. The molecule has 6 heteroatoms. The second-order valence-electron chi connectivity index (χ2n) is 6.89. The van der Waals surface area contributed by atoms with E-state index < -0.39 is 5.54 Å². The highest BCUT2D eigenvalue weighted by atomic mass is 16.2. The number of Topliss-reactive ketones (excluding diaryl/α,β-unsaturated/α-hetero) is 1. The van der Waals surface area contributed by atoms with Gasteiger partial charge in [0.2, 0.25) is 5.91 Å². The van der Waals surface area contributed by atoms with Crippen molar-refractivity contribution < 1.29 is 9.59 Å². The molecular weight excluding hydrogens is 280 g/mol. The summed E-state index contributed by atoms with van der Waals surface area (Å²) in [6, 6.07) is 0. The number of carbonyl (C=O) groups excluding carboxylic acids is 2. The van der Waals surface area contributed by atoms with Crippen molar-refractivity contribution in [1.82, 2.24) is 15.0 Å². The number of hydrogen-bond acceptors (Lipinski definition) is 4. The van der Waals surface area contributed by atoms with Crippen molar-refractivity contribution in [2.45, 2.75) is 69.7 Å². The van der Waals surface area contributed by atoms with E-state index >= 15 is 0 Å². The Morgan fingerprint density at radius 3 is 2.59 bits per heavy atom. The Morgan fingerprint density at radius 1 is 1.36 bits per heavy atom. The number of ketones is 1. The zero-order valence-electron chi connectivity index (χ0n) is 13.1. The standard InChI is InChI=1S/C16H24N4O2/c1-11(21)9-13(12-5-3-2-4-6-12)14-10-20(19-18-14)16(7-8-16)15(17)22/h10,12-13H,2-9H2,1H3,(H2,17,22)/t13-/m0/s1. The molecule has 0 bridgehead atoms. The van der Waals surface area contributed by atoms with Gasteiger partial charge in [0.1, 0.15) is 11.3 Å². The van der Waals surface area contributed by atoms with Crippen LogP contribution in [0.2, 0.25) is 0 Å². The lowest BCUT2D eigenvalue weighted by atomic mass is 9.76. The zero-order chi connectivity index (χ0) is 15.7. The molecular formula is C16H24N4O2. The molecule has 0 unspecified atom stereocenters. The summed E-state index contributed by atoms with van der Waals surface area (Å²) in [5.74, 6) is 0.452. The Hall–Kier alpha value is -1.72. The van der Waals surface area contributed by atoms with Gasteiger partial charge in [0.05, 0.1) is 5.69 Å². The lowest BCUT2D eigenvalue weighted by Crippen LogP contribution is -2.34. The number of nitrogens with two attached hydrogens (primary N) is 1. The van der Waals surface area contributed by atoms with E-state index in [4.69, 9.17) is 5.73 Å². The van der Waals surface area contributed by atoms with Crippen LogP contribution in [-0.4, -0.2) is 26.7 Å². The van der Waals surface area contributed by atoms with Gasteiger partial charge in [-0.25, -0.2) is 4.68 Å². The molecule has 0 saturated heterocycles. The van der Waals surface area contributed by atoms with Crippen LogP contribution in [0.5, 0.6) is 0 Å². The monoisotopic (exact) mass is 304 g/mol. The summed E-state index contributed by atoms with van der Waals surface area (Å²) in [5.41, 5.74) is 5.67. The molecule has 0 radical (unpaired) electrons. The highest BCUT2D eigenvalue weighted by Gasteiger charge is 2.52. The first-order valence-corrected chi connectivity index (χ1v) is 8.25. The van der Waals surface area contributed by atoms with Crippen molar-refractivity contribution >= 4 is 11.7 Å². The first-order valence-electron chi connectivity index (χ1n) is 8.25. The quantitative estimate of drug-likeness (QED) is 0.869. The van der Waals surface area contributed by atoms with E-state index in [2.05, 4.69) is 10.3 Å². The summed E-state index contributed by atoms with van der Waals surface area (Å²) in [6.07, 6.45) is 9.82. The van der Waals surface area contributed by atoms with Crippen molar-refractivity contribution in [3.05, 3.63) is 11.9 Å². The Kier molecular flexibility index (Phi) is 4.02. The zero-order valence-corrected chi connectivity index (χ0v) is 13.1. The van der Waals surface area contributed by atoms with Crippen molar-refractivity contribution in [2.75, 3.05) is 0 Å². The van der Waals surface area contributed by atoms with E-state index in [0.29, 0.717) is 12.3 Å². The maximum absolute atomic E-state index is 11.7. The third-order valence-corrected chi connectivity index (χ3v) is 5.24. The first-order chi connectivity index (χ1) is 10.5. The van der Waals surface area contributed by atoms with E-state index in [-0.39, 0.29) is 17.6 Å². The van der Waals surface area contributed by atoms with Crippen LogP contribution in [0.3, 0.4) is 0 Å². The van der Waals surface area contributed by atoms with E-state index in [1.807, 2.05) is 6.20 Å². The maximum Gasteiger partial charge on any atom is 0.245 e. The van der Waals surface area contributed by atoms with Gasteiger partial charge in [-0.2, -0.15) is 0 Å². The summed E-state index contributed by atoms with van der Waals surface area (Å²) < 4.78 is 1.63. The minimum absolute atomic E-state index is 0.121. The van der Waals surface area contributed by atoms with Gasteiger partial charge in [-0.1, -0.05) is 24.5 Å². The van der Waals surface area contributed by atoms with Crippen LogP contribution in [0.15, 0.2) is 6.20 Å². The van der Waals surface area contributed by atoms with E-state index in [9.17, 15) is 9.59 Å². The third kappa shape index (κ3) is 2.78. The van der Waals surface area contributed by atoms with Crippen LogP contribution >= 0.6 is 0 Å². The predicted molar refractivity (Wildman–Crippen MR) is 81.0 cm³/mol. The van der Waals surface area contributed by atoms with Crippen LogP contribution in [0.4, 0.5) is 0 Å². The van der Waals surface area contributed by atoms with Crippen LogP contribution in [0.25, 0.3) is 0 Å². The average Bonchev–Trinajstić information content (AvgIpc) is 3.18. The first kappa shape index (κ1) is 15.2. The molecule has 6 nitrogen and oxygen atoms in total. The fraction of sp³-hybridized carbons (Fsp3) is 0.750. The largest absolute Gasteiger partial charge is 0.368 e. The SMILES string of the molecule is CC(=O)C[C@H](c1cn(C2(C(N)=O)CC2)nn1)C1CCCCC1. The molecule has 22 heavy (non-hydrogen) atoms. The number of amides is 1. The number of nitrogens with zero attached hydrogens (tertiary/aromatic N) is 3. The maximum atomic E-state index is 11.7. The molecule has 2 N–H and O–H groups in total. The van der Waals surface area contributed by atoms with Gasteiger partial charge in [-0.05, 0) is 38.5 Å². The molecule has 1 atom stereocenters. The summed E-state index contributed by atoms with van der Waals surface area (Å²) in [4.78, 5) is 23.3. The Morgan fingerprint density at radius 2 is 2.05 bits per heavy atom. The lowest BCUT2D eigenvalue weighted by Gasteiger charge is -2.28. The fourth-order valence-electron chi connectivity index (χ4n) is 3.72. The average molecular weight is 304 g/mol. The number of carbonyl (C=O) groups is 2. The van der Waals surface area contributed by atoms with Gasteiger partial charge in [-0.3, -0.25) is 4.79 Å². The highest BCUT2D eigenvalue weighted by Crippen LogP contribution is 2.44. The van der Waals surface area contributed by atoms with Crippen molar-refractivity contribution in [3.63, 3.8) is 0 Å². The fourth-order valence-corrected chi connectivity index (χ4v) is 3.72. The Bertz CT molecular complexity index is 570. The minimum Gasteiger partial charge on any atom is -0.368 e. The van der Waals surface area contributed by atoms with Gasteiger partial charge in [0, 0.05) is 18.5 Å². The molecule has 0 aliphatic heterocycles. The van der Waals surface area contributed by atoms with E-state index in [0.717, 1.165) is 31.4 Å². The molecule has 1 heterocycles. The smallest absolute Gasteiger partial charge is 0.245 e. The van der Waals surface area contributed by atoms with Crippen LogP contribution in [-0.2, 0) is 15.1 Å². The second-order valence-corrected chi connectivity index (χ2v) is 6.89. The van der Waals surface area contributed by atoms with Crippen molar-refractivity contribution in [1.29, 1.82) is 0 Å². The number of primary amides is 1. The molecule has 1 aromatic heterocycles. The molecule has 2 saturated carbocycles. The molecule has 2 aliphatic rings. The Balaban J connectivity index is 1.83. The van der Waals surface area contributed by atoms with Crippen molar-refractivity contribution in [2.24, 2.45) is 11.7 Å². The van der Waals surface area contributed by atoms with Crippen LogP contribution in [0, 0.1) is 5.92 Å². The van der Waals surface area contributed by atoms with Gasteiger partial charge in [0.15, 0.2) is 0 Å². The molecule has 0 aromatic carbocycles. The third-order valence-electron chi connectivity index (χ3n) is 5.24. The molecule has 2 fully saturated rings. The van der Waals surface area contributed by atoms with Crippen LogP contribution < -0.4 is 5.73 Å². The Labute approximate surface area is 130 Å². The molecule has 2 aliphatic carbocycles. The summed E-state index contributed by atoms with van der Waals surface area (Å²) in [7, 11) is 0. The van der Waals surface area contributed by atoms with Gasteiger partial charge >= 0.3 is 0 Å². The lowest BCUT2D eigenvalue weighted by molar-refractivity contribution is -0.122. The summed E-state index contributed by atoms with van der Waals surface area (Å²) in [5, 5.41) is 8.44. The molecule has 120 valence electrons. The van der Waals surface area contributed by atoms with E-state index in [1.165, 1.54) is 19.3 Å². The molecule has 1 amide bonds. The second kappa shape index (κ2) is 5.82. The topological polar surface area (TPSA) is 90.9 Å². The number of rotatable bonds is 6. The number of hydrogen-bond donors (Lipinski definition) is 1. The van der Waals surface area contributed by atoms with Gasteiger partial charge in [0.25, 0.3) is 0 Å². The van der Waals surface area contributed by atoms with Gasteiger partial charge < -0.3 is 10.5 Å². The van der Waals surface area contributed by atoms with Gasteiger partial charge in [-0.15, -0.1) is 5.10 Å².